The van der Waals surface area contributed by atoms with Gasteiger partial charge in [0.05, 0.1) is 11.3 Å². The van der Waals surface area contributed by atoms with E-state index in [1.165, 1.54) is 0 Å². The zero-order valence-corrected chi connectivity index (χ0v) is 14.6. The molecule has 2 aromatic rings. The number of anilines is 1. The first-order chi connectivity index (χ1) is 11.2. The maximum atomic E-state index is 12.0. The van der Waals surface area contributed by atoms with Crippen molar-refractivity contribution >= 4 is 32.6 Å². The molecule has 6 heteroatoms. The van der Waals surface area contributed by atoms with Crippen LogP contribution in [0.5, 0.6) is 5.75 Å². The van der Waals surface area contributed by atoms with Gasteiger partial charge in [0, 0.05) is 32.6 Å². The Morgan fingerprint density at radius 1 is 1.26 bits per heavy atom. The summed E-state index contributed by atoms with van der Waals surface area (Å²) in [6.45, 7) is 7.94. The van der Waals surface area contributed by atoms with Crippen LogP contribution in [-0.4, -0.2) is 48.6 Å². The highest BCUT2D eigenvalue weighted by molar-refractivity contribution is 7.22. The molecule has 1 aromatic heterocycles. The maximum Gasteiger partial charge on any atom is 0.222 e. The molecule has 0 aliphatic carbocycles. The molecule has 1 amide bonds. The molecule has 0 radical (unpaired) electrons. The number of para-hydroxylation sites is 1. The fourth-order valence-corrected chi connectivity index (χ4v) is 3.87. The highest BCUT2D eigenvalue weighted by Crippen LogP contribution is 2.34. The molecular formula is C17H23N3O2S. The first-order valence-electron chi connectivity index (χ1n) is 8.28. The van der Waals surface area contributed by atoms with E-state index in [-0.39, 0.29) is 5.91 Å². The lowest BCUT2D eigenvalue weighted by atomic mass is 10.2. The number of rotatable bonds is 5. The smallest absolute Gasteiger partial charge is 0.222 e. The van der Waals surface area contributed by atoms with Crippen LogP contribution in [0.15, 0.2) is 18.2 Å². The van der Waals surface area contributed by atoms with E-state index in [2.05, 4.69) is 11.0 Å². The van der Waals surface area contributed by atoms with Crippen LogP contribution in [0.3, 0.4) is 0 Å². The zero-order chi connectivity index (χ0) is 16.2. The molecule has 23 heavy (non-hydrogen) atoms. The summed E-state index contributed by atoms with van der Waals surface area (Å²) in [6, 6.07) is 6.06. The summed E-state index contributed by atoms with van der Waals surface area (Å²) in [5.74, 6) is 1.12. The van der Waals surface area contributed by atoms with Gasteiger partial charge < -0.3 is 14.5 Å². The molecule has 124 valence electrons. The van der Waals surface area contributed by atoms with Crippen LogP contribution in [0.1, 0.15) is 26.7 Å². The van der Waals surface area contributed by atoms with Crippen LogP contribution < -0.4 is 9.64 Å². The largest absolute Gasteiger partial charge is 0.492 e. The van der Waals surface area contributed by atoms with Crippen molar-refractivity contribution in [2.75, 3.05) is 37.7 Å². The van der Waals surface area contributed by atoms with Gasteiger partial charge in [-0.05, 0) is 25.5 Å². The van der Waals surface area contributed by atoms with Crippen LogP contribution in [-0.2, 0) is 4.79 Å². The third-order valence-corrected chi connectivity index (χ3v) is 5.12. The average molecular weight is 333 g/mol. The first-order valence-corrected chi connectivity index (χ1v) is 9.09. The Bertz CT molecular complexity index is 678. The number of piperazine rings is 1. The second-order valence-electron chi connectivity index (χ2n) is 5.65. The monoisotopic (exact) mass is 333 g/mol. The predicted molar refractivity (Wildman–Crippen MR) is 94.5 cm³/mol. The number of aromatic nitrogens is 1. The Balaban J connectivity index is 1.72. The number of carbonyl (C=O) groups excluding carboxylic acids is 1. The summed E-state index contributed by atoms with van der Waals surface area (Å²) in [6.07, 6.45) is 1.57. The number of carbonyl (C=O) groups is 1. The van der Waals surface area contributed by atoms with E-state index < -0.39 is 0 Å². The Hall–Kier alpha value is -1.82. The lowest BCUT2D eigenvalue weighted by molar-refractivity contribution is -0.131. The van der Waals surface area contributed by atoms with Gasteiger partial charge in [-0.1, -0.05) is 24.3 Å². The van der Waals surface area contributed by atoms with Crippen molar-refractivity contribution in [3.05, 3.63) is 18.2 Å². The number of ether oxygens (including phenoxy) is 1. The summed E-state index contributed by atoms with van der Waals surface area (Å²) in [5, 5.41) is 1.02. The topological polar surface area (TPSA) is 45.7 Å². The second-order valence-corrected chi connectivity index (χ2v) is 6.66. The van der Waals surface area contributed by atoms with Gasteiger partial charge in [0.1, 0.15) is 11.3 Å². The second kappa shape index (κ2) is 7.17. The summed E-state index contributed by atoms with van der Waals surface area (Å²) >= 11 is 1.70. The third kappa shape index (κ3) is 3.42. The molecule has 0 bridgehead atoms. The van der Waals surface area contributed by atoms with E-state index in [1.807, 2.05) is 30.9 Å². The van der Waals surface area contributed by atoms with Crippen molar-refractivity contribution in [1.82, 2.24) is 9.88 Å². The molecular weight excluding hydrogens is 310 g/mol. The van der Waals surface area contributed by atoms with Gasteiger partial charge in [0.15, 0.2) is 5.13 Å². The molecule has 0 spiro atoms. The van der Waals surface area contributed by atoms with Crippen LogP contribution >= 0.6 is 11.3 Å². The number of benzene rings is 1. The molecule has 1 aliphatic heterocycles. The minimum Gasteiger partial charge on any atom is -0.492 e. The summed E-state index contributed by atoms with van der Waals surface area (Å²) in [5.41, 5.74) is 0.943. The molecule has 3 rings (SSSR count). The molecule has 0 unspecified atom stereocenters. The predicted octanol–water partition coefficient (Wildman–Crippen LogP) is 3.14. The van der Waals surface area contributed by atoms with Gasteiger partial charge in [-0.15, -0.1) is 0 Å². The summed E-state index contributed by atoms with van der Waals surface area (Å²) in [4.78, 5) is 21.0. The van der Waals surface area contributed by atoms with E-state index in [0.29, 0.717) is 13.0 Å². The van der Waals surface area contributed by atoms with E-state index >= 15 is 0 Å². The first kappa shape index (κ1) is 16.1. The molecule has 1 aromatic carbocycles. The Morgan fingerprint density at radius 2 is 2.04 bits per heavy atom. The minimum absolute atomic E-state index is 0.273. The standard InChI is InChI=1S/C17H23N3O2S/c1-3-6-15(21)19-9-11-20(12-10-19)17-18-16-13(22-4-2)7-5-8-14(16)23-17/h5,7-8H,3-4,6,9-12H2,1-2H3. The van der Waals surface area contributed by atoms with Gasteiger partial charge in [-0.2, -0.15) is 0 Å². The SMILES string of the molecule is CCCC(=O)N1CCN(c2nc3c(OCC)cccc3s2)CC1. The quantitative estimate of drug-likeness (QED) is 0.843. The maximum absolute atomic E-state index is 12.0. The molecule has 5 nitrogen and oxygen atoms in total. The lowest BCUT2D eigenvalue weighted by Crippen LogP contribution is -2.48. The van der Waals surface area contributed by atoms with Crippen molar-refractivity contribution < 1.29 is 9.53 Å². The summed E-state index contributed by atoms with van der Waals surface area (Å²) < 4.78 is 6.82. The van der Waals surface area contributed by atoms with E-state index in [9.17, 15) is 4.79 Å². The molecule has 0 N–H and O–H groups in total. The number of thiazole rings is 1. The van der Waals surface area contributed by atoms with Crippen molar-refractivity contribution in [3.8, 4) is 5.75 Å². The fraction of sp³-hybridized carbons (Fsp3) is 0.529. The third-order valence-electron chi connectivity index (χ3n) is 4.04. The Morgan fingerprint density at radius 3 is 2.74 bits per heavy atom. The van der Waals surface area contributed by atoms with Crippen LogP contribution in [0, 0.1) is 0 Å². The van der Waals surface area contributed by atoms with Crippen molar-refractivity contribution in [2.24, 2.45) is 0 Å². The van der Waals surface area contributed by atoms with Crippen LogP contribution in [0.25, 0.3) is 10.2 Å². The molecule has 1 saturated heterocycles. The average Bonchev–Trinajstić information content (AvgIpc) is 3.01. The number of hydrogen-bond donors (Lipinski definition) is 0. The zero-order valence-electron chi connectivity index (χ0n) is 13.7. The Kier molecular flexibility index (Phi) is 5.00. The van der Waals surface area contributed by atoms with Gasteiger partial charge >= 0.3 is 0 Å². The van der Waals surface area contributed by atoms with Gasteiger partial charge in [0.2, 0.25) is 5.91 Å². The van der Waals surface area contributed by atoms with E-state index in [1.54, 1.807) is 11.3 Å². The summed E-state index contributed by atoms with van der Waals surface area (Å²) in [7, 11) is 0. The van der Waals surface area contributed by atoms with Crippen LogP contribution in [0.2, 0.25) is 0 Å². The van der Waals surface area contributed by atoms with Crippen LogP contribution in [0.4, 0.5) is 5.13 Å². The van der Waals surface area contributed by atoms with Gasteiger partial charge in [-0.25, -0.2) is 4.98 Å². The van der Waals surface area contributed by atoms with Gasteiger partial charge in [-0.3, -0.25) is 4.79 Å². The normalized spacial score (nSPS) is 15.2. The molecule has 0 saturated carbocycles. The highest BCUT2D eigenvalue weighted by atomic mass is 32.1. The van der Waals surface area contributed by atoms with E-state index in [4.69, 9.17) is 9.72 Å². The van der Waals surface area contributed by atoms with E-state index in [0.717, 1.165) is 53.7 Å². The van der Waals surface area contributed by atoms with Crippen molar-refractivity contribution in [1.29, 1.82) is 0 Å². The molecule has 0 atom stereocenters. The van der Waals surface area contributed by atoms with Crippen molar-refractivity contribution in [2.45, 2.75) is 26.7 Å². The fourth-order valence-electron chi connectivity index (χ4n) is 2.84. The lowest BCUT2D eigenvalue weighted by Gasteiger charge is -2.34. The van der Waals surface area contributed by atoms with Crippen molar-refractivity contribution in [3.63, 3.8) is 0 Å². The molecule has 2 heterocycles. The Labute approximate surface area is 140 Å². The number of hydrogen-bond acceptors (Lipinski definition) is 5. The molecule has 1 aliphatic rings. The van der Waals surface area contributed by atoms with Gasteiger partial charge in [0.25, 0.3) is 0 Å². The molecule has 1 fully saturated rings. The minimum atomic E-state index is 0.273. The number of amides is 1. The highest BCUT2D eigenvalue weighted by Gasteiger charge is 2.23. The number of nitrogens with zero attached hydrogens (tertiary/aromatic N) is 3. The number of fused-ring (bicyclic) bond motifs is 1.